The summed E-state index contributed by atoms with van der Waals surface area (Å²) in [5, 5.41) is 0. The molecule has 0 amide bonds. The molecule has 0 radical (unpaired) electrons. The van der Waals surface area contributed by atoms with Crippen LogP contribution in [0.3, 0.4) is 0 Å². The molecular weight excluding hydrogens is 169 g/mol. The number of hydrogen-bond donors (Lipinski definition) is 1. The predicted octanol–water partition coefficient (Wildman–Crippen LogP) is 0.108. The van der Waals surface area contributed by atoms with Crippen LogP contribution in [0.1, 0.15) is 13.3 Å². The molecule has 0 heterocycles. The van der Waals surface area contributed by atoms with Crippen LogP contribution in [-0.4, -0.2) is 32.6 Å². The van der Waals surface area contributed by atoms with Gasteiger partial charge in [0, 0.05) is 12.8 Å². The van der Waals surface area contributed by atoms with Crippen molar-refractivity contribution in [3.8, 4) is 0 Å². The Morgan fingerprint density at radius 3 is 2.27 bits per heavy atom. The number of alkyl halides is 1. The lowest BCUT2D eigenvalue weighted by Crippen LogP contribution is -2.31. The van der Waals surface area contributed by atoms with Crippen LogP contribution in [0.25, 0.3) is 0 Å². The van der Waals surface area contributed by atoms with Crippen molar-refractivity contribution in [2.45, 2.75) is 19.0 Å². The molecule has 0 aromatic rings. The van der Waals surface area contributed by atoms with Crippen molar-refractivity contribution in [3.05, 3.63) is 0 Å². The number of rotatable bonds is 4. The molecule has 3 nitrogen and oxygen atoms in total. The minimum absolute atomic E-state index is 0.0255. The van der Waals surface area contributed by atoms with Crippen molar-refractivity contribution < 1.29 is 12.8 Å². The molecule has 0 saturated heterocycles. The van der Waals surface area contributed by atoms with E-state index >= 15 is 0 Å². The van der Waals surface area contributed by atoms with Gasteiger partial charge in [0.2, 0.25) is 0 Å². The van der Waals surface area contributed by atoms with Gasteiger partial charge in [0.25, 0.3) is 0 Å². The summed E-state index contributed by atoms with van der Waals surface area (Å²) in [5.41, 5.74) is 3.51. The Kier molecular flexibility index (Phi) is 3.44. The lowest BCUT2D eigenvalue weighted by Gasteiger charge is -2.16. The minimum atomic E-state index is -3.06. The van der Waals surface area contributed by atoms with E-state index in [1.165, 1.54) is 6.92 Å². The molecule has 68 valence electrons. The average Bonchev–Trinajstić information content (AvgIpc) is 1.83. The zero-order valence-electron chi connectivity index (χ0n) is 6.80. The number of sulfone groups is 1. The molecule has 0 aliphatic carbocycles. The first-order chi connectivity index (χ1) is 4.77. The maximum atomic E-state index is 13.0. The molecule has 0 fully saturated rings. The largest absolute Gasteiger partial charge is 0.328 e. The van der Waals surface area contributed by atoms with Crippen LogP contribution >= 0.6 is 0 Å². The molecule has 0 aromatic heterocycles. The van der Waals surface area contributed by atoms with Gasteiger partial charge in [0.05, 0.1) is 5.75 Å². The van der Waals surface area contributed by atoms with Crippen molar-refractivity contribution in [1.82, 2.24) is 0 Å². The van der Waals surface area contributed by atoms with E-state index in [2.05, 4.69) is 0 Å². The van der Waals surface area contributed by atoms with E-state index in [9.17, 15) is 12.8 Å². The smallest absolute Gasteiger partial charge is 0.147 e. The minimum Gasteiger partial charge on any atom is -0.328 e. The first kappa shape index (κ1) is 10.8. The van der Waals surface area contributed by atoms with E-state index in [-0.39, 0.29) is 18.7 Å². The van der Waals surface area contributed by atoms with Crippen molar-refractivity contribution in [2.75, 3.05) is 18.6 Å². The summed E-state index contributed by atoms with van der Waals surface area (Å²) in [4.78, 5) is 0. The van der Waals surface area contributed by atoms with Crippen LogP contribution in [0.2, 0.25) is 0 Å². The van der Waals surface area contributed by atoms with E-state index in [4.69, 9.17) is 5.73 Å². The van der Waals surface area contributed by atoms with Crippen molar-refractivity contribution in [3.63, 3.8) is 0 Å². The van der Waals surface area contributed by atoms with Gasteiger partial charge in [-0.1, -0.05) is 0 Å². The van der Waals surface area contributed by atoms with E-state index in [0.29, 0.717) is 0 Å². The number of nitrogens with two attached hydrogens (primary N) is 1. The summed E-state index contributed by atoms with van der Waals surface area (Å²) in [6.45, 7) is 1.17. The monoisotopic (exact) mass is 183 g/mol. The van der Waals surface area contributed by atoms with Gasteiger partial charge in [-0.05, 0) is 13.3 Å². The summed E-state index contributed by atoms with van der Waals surface area (Å²) >= 11 is 0. The van der Waals surface area contributed by atoms with Crippen LogP contribution in [-0.2, 0) is 9.84 Å². The third-order valence-corrected chi connectivity index (χ3v) is 2.37. The van der Waals surface area contributed by atoms with Gasteiger partial charge < -0.3 is 5.73 Å². The van der Waals surface area contributed by atoms with E-state index in [1.54, 1.807) is 0 Å². The van der Waals surface area contributed by atoms with Gasteiger partial charge in [-0.25, -0.2) is 12.8 Å². The number of hydrogen-bond acceptors (Lipinski definition) is 3. The molecule has 0 aliphatic rings. The van der Waals surface area contributed by atoms with Crippen molar-refractivity contribution in [1.29, 1.82) is 0 Å². The van der Waals surface area contributed by atoms with Crippen molar-refractivity contribution >= 4 is 9.84 Å². The molecule has 5 heteroatoms. The Balaban J connectivity index is 3.90. The summed E-state index contributed by atoms with van der Waals surface area (Å²) in [7, 11) is -3.06. The Morgan fingerprint density at radius 1 is 1.55 bits per heavy atom. The zero-order chi connectivity index (χ0) is 9.12. The molecule has 0 aliphatic heterocycles. The third kappa shape index (κ3) is 6.25. The molecule has 2 N–H and O–H groups in total. The Hall–Kier alpha value is -0.160. The molecule has 0 rings (SSSR count). The molecule has 1 atom stereocenters. The van der Waals surface area contributed by atoms with Crippen LogP contribution in [0, 0.1) is 0 Å². The quantitative estimate of drug-likeness (QED) is 0.673. The summed E-state index contributed by atoms with van der Waals surface area (Å²) in [5.74, 6) is -0.142. The number of halogens is 1. The van der Waals surface area contributed by atoms with Gasteiger partial charge in [-0.15, -0.1) is 0 Å². The Labute approximate surface area is 66.7 Å². The van der Waals surface area contributed by atoms with E-state index in [1.807, 2.05) is 0 Å². The van der Waals surface area contributed by atoms with E-state index < -0.39 is 15.5 Å². The molecule has 0 bridgehead atoms. The summed E-state index contributed by atoms with van der Waals surface area (Å²) in [6, 6.07) is 0. The highest BCUT2D eigenvalue weighted by Crippen LogP contribution is 2.13. The SMILES string of the molecule is CC(F)(CN)CCS(C)(=O)=O. The maximum absolute atomic E-state index is 13.0. The molecule has 0 aromatic carbocycles. The molecule has 1 unspecified atom stereocenters. The highest BCUT2D eigenvalue weighted by Gasteiger charge is 2.22. The fourth-order valence-electron chi connectivity index (χ4n) is 0.500. The second kappa shape index (κ2) is 3.49. The molecular formula is C6H14FNO2S. The summed E-state index contributed by atoms with van der Waals surface area (Å²) in [6.07, 6.45) is 1.06. The van der Waals surface area contributed by atoms with Crippen LogP contribution < -0.4 is 5.73 Å². The normalized spacial score (nSPS) is 17.8. The standard InChI is InChI=1S/C6H14FNO2S/c1-6(7,5-8)3-4-11(2,9)10/h3-5,8H2,1-2H3. The molecule has 11 heavy (non-hydrogen) atoms. The van der Waals surface area contributed by atoms with Gasteiger partial charge in [0.15, 0.2) is 0 Å². The van der Waals surface area contributed by atoms with Crippen molar-refractivity contribution in [2.24, 2.45) is 5.73 Å². The van der Waals surface area contributed by atoms with Crippen LogP contribution in [0.15, 0.2) is 0 Å². The van der Waals surface area contributed by atoms with Crippen LogP contribution in [0.4, 0.5) is 4.39 Å². The van der Waals surface area contributed by atoms with Gasteiger partial charge in [0.1, 0.15) is 15.5 Å². The lowest BCUT2D eigenvalue weighted by molar-refractivity contribution is 0.194. The van der Waals surface area contributed by atoms with Gasteiger partial charge >= 0.3 is 0 Å². The maximum Gasteiger partial charge on any atom is 0.147 e. The predicted molar refractivity (Wildman–Crippen MR) is 42.9 cm³/mol. The first-order valence-corrected chi connectivity index (χ1v) is 5.40. The molecule has 0 spiro atoms. The van der Waals surface area contributed by atoms with Gasteiger partial charge in [-0.3, -0.25) is 0 Å². The molecule has 0 saturated carbocycles. The Morgan fingerprint density at radius 2 is 2.00 bits per heavy atom. The third-order valence-electron chi connectivity index (χ3n) is 1.42. The van der Waals surface area contributed by atoms with Crippen LogP contribution in [0.5, 0.6) is 0 Å². The first-order valence-electron chi connectivity index (χ1n) is 3.33. The topological polar surface area (TPSA) is 60.2 Å². The highest BCUT2D eigenvalue weighted by atomic mass is 32.2. The average molecular weight is 183 g/mol. The summed E-state index contributed by atoms with van der Waals surface area (Å²) < 4.78 is 34.1. The second-order valence-electron chi connectivity index (χ2n) is 3.00. The zero-order valence-corrected chi connectivity index (χ0v) is 7.62. The Bertz CT molecular complexity index is 211. The lowest BCUT2D eigenvalue weighted by atomic mass is 10.1. The fourth-order valence-corrected chi connectivity index (χ4v) is 1.30. The van der Waals surface area contributed by atoms with E-state index in [0.717, 1.165) is 6.26 Å². The fraction of sp³-hybridized carbons (Fsp3) is 1.00. The highest BCUT2D eigenvalue weighted by molar-refractivity contribution is 7.90. The van der Waals surface area contributed by atoms with Gasteiger partial charge in [-0.2, -0.15) is 0 Å². The second-order valence-corrected chi connectivity index (χ2v) is 5.26.